The number of rotatable bonds is 5. The number of aromatic nitrogens is 1. The van der Waals surface area contributed by atoms with E-state index in [4.69, 9.17) is 0 Å². The van der Waals surface area contributed by atoms with Gasteiger partial charge in [0.05, 0.1) is 23.1 Å². The zero-order valence-corrected chi connectivity index (χ0v) is 15.6. The van der Waals surface area contributed by atoms with Gasteiger partial charge in [-0.3, -0.25) is 9.78 Å². The normalized spacial score (nSPS) is 18.6. The highest BCUT2D eigenvalue weighted by Crippen LogP contribution is 2.40. The van der Waals surface area contributed by atoms with Crippen LogP contribution in [0.2, 0.25) is 0 Å². The molecule has 0 bridgehead atoms. The fraction of sp³-hybridized carbons (Fsp3) is 0.429. The van der Waals surface area contributed by atoms with Gasteiger partial charge in [-0.15, -0.1) is 0 Å². The van der Waals surface area contributed by atoms with E-state index in [1.165, 1.54) is 6.20 Å². The SMILES string of the molecule is CC(O)CCNC(=O)c1cnc2c(C3=CC[C@@H](C(F)(F)F)CC3)cccc2c1. The number of aliphatic hydroxyl groups excluding tert-OH is 1. The average Bonchev–Trinajstić information content (AvgIpc) is 2.66. The maximum atomic E-state index is 12.9. The maximum absolute atomic E-state index is 12.9. The van der Waals surface area contributed by atoms with Gasteiger partial charge < -0.3 is 10.4 Å². The highest BCUT2D eigenvalue weighted by atomic mass is 19.4. The fourth-order valence-electron chi connectivity index (χ4n) is 3.42. The van der Waals surface area contributed by atoms with Crippen molar-refractivity contribution in [2.24, 2.45) is 5.92 Å². The van der Waals surface area contributed by atoms with Crippen LogP contribution < -0.4 is 5.32 Å². The Bertz CT molecular complexity index is 891. The number of benzene rings is 1. The summed E-state index contributed by atoms with van der Waals surface area (Å²) in [6.07, 6.45) is -0.626. The van der Waals surface area contributed by atoms with Gasteiger partial charge in [0, 0.05) is 23.7 Å². The molecular weight excluding hydrogens is 369 g/mol. The molecule has 28 heavy (non-hydrogen) atoms. The van der Waals surface area contributed by atoms with Crippen molar-refractivity contribution in [1.82, 2.24) is 10.3 Å². The third-order valence-corrected chi connectivity index (χ3v) is 5.04. The predicted octanol–water partition coefficient (Wildman–Crippen LogP) is 4.48. The summed E-state index contributed by atoms with van der Waals surface area (Å²) in [6, 6.07) is 7.24. The first kappa shape index (κ1) is 20.3. The number of para-hydroxylation sites is 1. The summed E-state index contributed by atoms with van der Waals surface area (Å²) in [5.74, 6) is -1.55. The molecule has 0 aliphatic heterocycles. The molecule has 0 saturated carbocycles. The van der Waals surface area contributed by atoms with E-state index in [2.05, 4.69) is 10.3 Å². The lowest BCUT2D eigenvalue weighted by Crippen LogP contribution is -2.26. The monoisotopic (exact) mass is 392 g/mol. The van der Waals surface area contributed by atoms with E-state index in [-0.39, 0.29) is 18.7 Å². The molecule has 7 heteroatoms. The van der Waals surface area contributed by atoms with E-state index in [0.29, 0.717) is 30.5 Å². The van der Waals surface area contributed by atoms with Gasteiger partial charge in [-0.2, -0.15) is 13.2 Å². The summed E-state index contributed by atoms with van der Waals surface area (Å²) in [5.41, 5.74) is 2.77. The first-order valence-corrected chi connectivity index (χ1v) is 9.37. The van der Waals surface area contributed by atoms with Crippen LogP contribution in [0.1, 0.15) is 48.5 Å². The molecule has 4 nitrogen and oxygen atoms in total. The highest BCUT2D eigenvalue weighted by molar-refractivity contribution is 5.99. The molecule has 1 unspecified atom stereocenters. The Morgan fingerprint density at radius 1 is 1.39 bits per heavy atom. The zero-order valence-electron chi connectivity index (χ0n) is 15.6. The average molecular weight is 392 g/mol. The molecule has 1 heterocycles. The van der Waals surface area contributed by atoms with Crippen molar-refractivity contribution in [3.05, 3.63) is 47.7 Å². The summed E-state index contributed by atoms with van der Waals surface area (Å²) in [6.45, 7) is 2.02. The Hall–Kier alpha value is -2.41. The molecule has 1 aliphatic carbocycles. The first-order chi connectivity index (χ1) is 13.3. The molecule has 0 spiro atoms. The number of hydrogen-bond acceptors (Lipinski definition) is 3. The molecule has 2 N–H and O–H groups in total. The van der Waals surface area contributed by atoms with Gasteiger partial charge in [0.25, 0.3) is 5.91 Å². The van der Waals surface area contributed by atoms with Gasteiger partial charge in [-0.1, -0.05) is 24.3 Å². The van der Waals surface area contributed by atoms with Gasteiger partial charge in [0.2, 0.25) is 0 Å². The minimum atomic E-state index is -4.16. The lowest BCUT2D eigenvalue weighted by Gasteiger charge is -2.24. The Kier molecular flexibility index (Phi) is 6.03. The van der Waals surface area contributed by atoms with Crippen LogP contribution in [0.15, 0.2) is 36.5 Å². The molecule has 1 amide bonds. The van der Waals surface area contributed by atoms with Crippen LogP contribution in [-0.2, 0) is 0 Å². The molecule has 1 aromatic heterocycles. The standard InChI is InChI=1S/C21H23F3N2O2/c1-13(27)9-10-25-20(28)16-11-15-3-2-4-18(19(15)26-12-16)14-5-7-17(8-6-14)21(22,23)24/h2-5,11-13,17,27H,6-10H2,1H3,(H,25,28)/t13?,17-/m1/s1. The van der Waals surface area contributed by atoms with Crippen LogP contribution in [0.5, 0.6) is 0 Å². The Morgan fingerprint density at radius 3 is 2.82 bits per heavy atom. The molecule has 2 aromatic rings. The van der Waals surface area contributed by atoms with Gasteiger partial charge in [-0.25, -0.2) is 0 Å². The third-order valence-electron chi connectivity index (χ3n) is 5.04. The number of hydrogen-bond donors (Lipinski definition) is 2. The van der Waals surface area contributed by atoms with E-state index in [9.17, 15) is 23.1 Å². The number of aliphatic hydroxyl groups is 1. The zero-order chi connectivity index (χ0) is 20.3. The molecule has 0 radical (unpaired) electrons. The third kappa shape index (κ3) is 4.70. The van der Waals surface area contributed by atoms with Crippen LogP contribution in [0.3, 0.4) is 0 Å². The molecular formula is C21H23F3N2O2. The Morgan fingerprint density at radius 2 is 2.18 bits per heavy atom. The number of nitrogens with zero attached hydrogens (tertiary/aromatic N) is 1. The second-order valence-corrected chi connectivity index (χ2v) is 7.24. The minimum Gasteiger partial charge on any atom is -0.393 e. The fourth-order valence-corrected chi connectivity index (χ4v) is 3.42. The second-order valence-electron chi connectivity index (χ2n) is 7.24. The van der Waals surface area contributed by atoms with Crippen molar-refractivity contribution in [3.63, 3.8) is 0 Å². The minimum absolute atomic E-state index is 0.0149. The molecule has 1 aromatic carbocycles. The summed E-state index contributed by atoms with van der Waals surface area (Å²) in [4.78, 5) is 16.7. The summed E-state index contributed by atoms with van der Waals surface area (Å²) >= 11 is 0. The molecule has 0 fully saturated rings. The second kappa shape index (κ2) is 8.31. The topological polar surface area (TPSA) is 62.2 Å². The van der Waals surface area contributed by atoms with Crippen LogP contribution in [0.4, 0.5) is 13.2 Å². The van der Waals surface area contributed by atoms with E-state index >= 15 is 0 Å². The number of carbonyl (C=O) groups is 1. The number of nitrogens with one attached hydrogen (secondary N) is 1. The van der Waals surface area contributed by atoms with E-state index in [0.717, 1.165) is 16.5 Å². The molecule has 0 saturated heterocycles. The van der Waals surface area contributed by atoms with Crippen molar-refractivity contribution in [2.45, 2.75) is 44.9 Å². The van der Waals surface area contributed by atoms with Gasteiger partial charge >= 0.3 is 6.18 Å². The number of carbonyl (C=O) groups excluding carboxylic acids is 1. The number of alkyl halides is 3. The number of fused-ring (bicyclic) bond motifs is 1. The Balaban J connectivity index is 1.81. The largest absolute Gasteiger partial charge is 0.393 e. The number of allylic oxidation sites excluding steroid dienone is 2. The molecule has 3 rings (SSSR count). The molecule has 1 aliphatic rings. The van der Waals surface area contributed by atoms with Gasteiger partial charge in [0.15, 0.2) is 0 Å². The van der Waals surface area contributed by atoms with Crippen LogP contribution >= 0.6 is 0 Å². The van der Waals surface area contributed by atoms with Gasteiger partial charge in [0.1, 0.15) is 0 Å². The highest BCUT2D eigenvalue weighted by Gasteiger charge is 2.39. The number of pyridine rings is 1. The number of amides is 1. The van der Waals surface area contributed by atoms with E-state index in [1.807, 2.05) is 18.2 Å². The quantitative estimate of drug-likeness (QED) is 0.789. The maximum Gasteiger partial charge on any atom is 0.392 e. The van der Waals surface area contributed by atoms with Gasteiger partial charge in [-0.05, 0) is 44.2 Å². The van der Waals surface area contributed by atoms with Crippen LogP contribution in [0.25, 0.3) is 16.5 Å². The van der Waals surface area contributed by atoms with Crippen molar-refractivity contribution < 1.29 is 23.1 Å². The first-order valence-electron chi connectivity index (χ1n) is 9.37. The van der Waals surface area contributed by atoms with Crippen molar-refractivity contribution in [1.29, 1.82) is 0 Å². The van der Waals surface area contributed by atoms with Crippen LogP contribution in [0, 0.1) is 5.92 Å². The molecule has 2 atom stereocenters. The smallest absolute Gasteiger partial charge is 0.392 e. The van der Waals surface area contributed by atoms with Crippen molar-refractivity contribution in [3.8, 4) is 0 Å². The molecule has 150 valence electrons. The summed E-state index contributed by atoms with van der Waals surface area (Å²) in [5, 5.41) is 12.8. The van der Waals surface area contributed by atoms with Crippen molar-refractivity contribution >= 4 is 22.4 Å². The van der Waals surface area contributed by atoms with E-state index in [1.54, 1.807) is 19.1 Å². The lowest BCUT2D eigenvalue weighted by molar-refractivity contribution is -0.175. The van der Waals surface area contributed by atoms with E-state index < -0.39 is 18.2 Å². The van der Waals surface area contributed by atoms with Crippen molar-refractivity contribution in [2.75, 3.05) is 6.54 Å². The summed E-state index contributed by atoms with van der Waals surface area (Å²) < 4.78 is 38.6. The summed E-state index contributed by atoms with van der Waals surface area (Å²) in [7, 11) is 0. The van der Waals surface area contributed by atoms with Crippen LogP contribution in [-0.4, -0.2) is 34.8 Å². The number of halogens is 3. The Labute approximate surface area is 161 Å². The lowest BCUT2D eigenvalue weighted by atomic mass is 9.85. The predicted molar refractivity (Wildman–Crippen MR) is 102 cm³/mol.